The number of likely N-dealkylation sites (tertiary alicyclic amines) is 1. The second kappa shape index (κ2) is 9.35. The highest BCUT2D eigenvalue weighted by Gasteiger charge is 2.18. The smallest absolute Gasteiger partial charge is 0.251 e. The number of aromatic nitrogens is 1. The van der Waals surface area contributed by atoms with E-state index in [4.69, 9.17) is 0 Å². The maximum atomic E-state index is 12.6. The third kappa shape index (κ3) is 5.11. The Bertz CT molecular complexity index is 957. The molecule has 0 spiro atoms. The number of hydrogen-bond donors (Lipinski definition) is 2. The zero-order valence-corrected chi connectivity index (χ0v) is 18.2. The fraction of sp³-hybridized carbons (Fsp3) is 0.550. The van der Waals surface area contributed by atoms with Gasteiger partial charge in [0.05, 0.1) is 0 Å². The van der Waals surface area contributed by atoms with Gasteiger partial charge < -0.3 is 9.88 Å². The largest absolute Gasteiger partial charge is 0.326 e. The number of rotatable bonds is 8. The molecule has 8 heteroatoms. The highest BCUT2D eigenvalue weighted by atomic mass is 32.2. The number of pyridine rings is 1. The van der Waals surface area contributed by atoms with Crippen molar-refractivity contribution >= 4 is 21.4 Å². The lowest BCUT2D eigenvalue weighted by atomic mass is 10.1. The van der Waals surface area contributed by atoms with Crippen molar-refractivity contribution in [1.82, 2.24) is 14.6 Å². The van der Waals surface area contributed by atoms with Gasteiger partial charge in [-0.3, -0.25) is 4.79 Å². The Kier molecular flexibility index (Phi) is 7.09. The Balaban J connectivity index is 1.64. The monoisotopic (exact) mass is 423 g/mol. The van der Waals surface area contributed by atoms with Crippen molar-refractivity contribution in [2.24, 2.45) is 0 Å². The van der Waals surface area contributed by atoms with Crippen LogP contribution in [0.15, 0.2) is 27.2 Å². The van der Waals surface area contributed by atoms with E-state index in [9.17, 15) is 13.2 Å². The van der Waals surface area contributed by atoms with Crippen LogP contribution in [0.5, 0.6) is 0 Å². The summed E-state index contributed by atoms with van der Waals surface area (Å²) in [7, 11) is -3.51. The first-order chi connectivity index (χ1) is 13.4. The minimum Gasteiger partial charge on any atom is -0.326 e. The number of hydrogen-bond acceptors (Lipinski definition) is 5. The lowest BCUT2D eigenvalue weighted by Crippen LogP contribution is -2.33. The van der Waals surface area contributed by atoms with E-state index in [2.05, 4.69) is 14.6 Å². The minimum atomic E-state index is -3.51. The van der Waals surface area contributed by atoms with Gasteiger partial charge in [0.25, 0.3) is 5.56 Å². The Morgan fingerprint density at radius 1 is 1.21 bits per heavy atom. The Morgan fingerprint density at radius 2 is 1.96 bits per heavy atom. The molecule has 1 aliphatic heterocycles. The third-order valence-corrected chi connectivity index (χ3v) is 8.27. The SMILES string of the molecule is CCc1cc(-c2ccc(S(=O)(=O)NCCCN3CCCCC3)s2)c(C)[nH]c1=O. The van der Waals surface area contributed by atoms with Gasteiger partial charge in [0.2, 0.25) is 10.0 Å². The molecule has 0 bridgehead atoms. The lowest BCUT2D eigenvalue weighted by molar-refractivity contribution is 0.227. The number of sulfonamides is 1. The molecule has 154 valence electrons. The first-order valence-corrected chi connectivity index (χ1v) is 12.3. The van der Waals surface area contributed by atoms with Crippen LogP contribution >= 0.6 is 11.3 Å². The summed E-state index contributed by atoms with van der Waals surface area (Å²) < 4.78 is 28.3. The third-order valence-electron chi connectivity index (χ3n) is 5.20. The number of nitrogens with zero attached hydrogens (tertiary/aromatic N) is 1. The molecule has 3 rings (SSSR count). The summed E-state index contributed by atoms with van der Waals surface area (Å²) in [5, 5.41) is 0. The van der Waals surface area contributed by atoms with E-state index in [-0.39, 0.29) is 5.56 Å². The number of nitrogens with one attached hydrogen (secondary N) is 2. The molecule has 0 aromatic carbocycles. The molecule has 0 aliphatic carbocycles. The zero-order valence-electron chi connectivity index (χ0n) is 16.6. The molecule has 2 aromatic rings. The predicted octanol–water partition coefficient (Wildman–Crippen LogP) is 3.13. The summed E-state index contributed by atoms with van der Waals surface area (Å²) in [6, 6.07) is 5.32. The van der Waals surface area contributed by atoms with Gasteiger partial charge in [-0.2, -0.15) is 0 Å². The molecule has 6 nitrogen and oxygen atoms in total. The van der Waals surface area contributed by atoms with Gasteiger partial charge in [-0.15, -0.1) is 11.3 Å². The molecule has 0 saturated carbocycles. The van der Waals surface area contributed by atoms with Crippen LogP contribution in [0.2, 0.25) is 0 Å². The highest BCUT2D eigenvalue weighted by Crippen LogP contribution is 2.32. The molecular formula is C20H29N3O3S2. The second-order valence-corrected chi connectivity index (χ2v) is 10.4. The number of thiophene rings is 1. The normalized spacial score (nSPS) is 15.8. The highest BCUT2D eigenvalue weighted by molar-refractivity contribution is 7.91. The Morgan fingerprint density at radius 3 is 2.68 bits per heavy atom. The molecule has 3 heterocycles. The summed E-state index contributed by atoms with van der Waals surface area (Å²) in [6.07, 6.45) is 5.24. The van der Waals surface area contributed by atoms with Gasteiger partial charge in [0.15, 0.2) is 0 Å². The molecule has 28 heavy (non-hydrogen) atoms. The Hall–Kier alpha value is -1.48. The van der Waals surface area contributed by atoms with Crippen molar-refractivity contribution in [1.29, 1.82) is 0 Å². The summed E-state index contributed by atoms with van der Waals surface area (Å²) in [4.78, 5) is 18.0. The summed E-state index contributed by atoms with van der Waals surface area (Å²) in [5.74, 6) is 0. The molecule has 0 atom stereocenters. The van der Waals surface area contributed by atoms with Crippen LogP contribution in [0, 0.1) is 6.92 Å². The molecule has 0 radical (unpaired) electrons. The van der Waals surface area contributed by atoms with Gasteiger partial charge in [-0.25, -0.2) is 13.1 Å². The van der Waals surface area contributed by atoms with Crippen LogP contribution < -0.4 is 10.3 Å². The number of aryl methyl sites for hydroxylation is 2. The second-order valence-electron chi connectivity index (χ2n) is 7.29. The van der Waals surface area contributed by atoms with E-state index in [0.29, 0.717) is 22.7 Å². The lowest BCUT2D eigenvalue weighted by Gasteiger charge is -2.26. The molecule has 1 saturated heterocycles. The number of aromatic amines is 1. The van der Waals surface area contributed by atoms with Crippen molar-refractivity contribution in [2.45, 2.75) is 50.2 Å². The van der Waals surface area contributed by atoms with Crippen LogP contribution in [0.25, 0.3) is 10.4 Å². The van der Waals surface area contributed by atoms with E-state index in [1.54, 1.807) is 6.07 Å². The molecule has 0 amide bonds. The van der Waals surface area contributed by atoms with Crippen LogP contribution in [0.4, 0.5) is 0 Å². The van der Waals surface area contributed by atoms with E-state index >= 15 is 0 Å². The van der Waals surface area contributed by atoms with Crippen LogP contribution in [-0.4, -0.2) is 44.5 Å². The fourth-order valence-electron chi connectivity index (χ4n) is 3.56. The fourth-order valence-corrected chi connectivity index (χ4v) is 6.06. The van der Waals surface area contributed by atoms with E-state index in [0.717, 1.165) is 42.2 Å². The molecule has 2 aromatic heterocycles. The van der Waals surface area contributed by atoms with Crippen molar-refractivity contribution in [3.05, 3.63) is 39.8 Å². The first-order valence-electron chi connectivity index (χ1n) is 9.95. The van der Waals surface area contributed by atoms with E-state index in [1.165, 1.54) is 30.6 Å². The first kappa shape index (κ1) is 21.2. The van der Waals surface area contributed by atoms with Gasteiger partial charge in [0.1, 0.15) is 4.21 Å². The Labute approximate surface area is 171 Å². The number of H-pyrrole nitrogens is 1. The van der Waals surface area contributed by atoms with Gasteiger partial charge in [-0.05, 0) is 70.4 Å². The number of piperidine rings is 1. The van der Waals surface area contributed by atoms with Gasteiger partial charge in [-0.1, -0.05) is 13.3 Å². The molecular weight excluding hydrogens is 394 g/mol. The van der Waals surface area contributed by atoms with Crippen molar-refractivity contribution in [2.75, 3.05) is 26.2 Å². The average molecular weight is 424 g/mol. The van der Waals surface area contributed by atoms with Crippen molar-refractivity contribution in [3.8, 4) is 10.4 Å². The summed E-state index contributed by atoms with van der Waals surface area (Å²) >= 11 is 1.24. The average Bonchev–Trinajstić information content (AvgIpc) is 3.17. The maximum absolute atomic E-state index is 12.6. The quantitative estimate of drug-likeness (QED) is 0.639. The van der Waals surface area contributed by atoms with Gasteiger partial charge >= 0.3 is 0 Å². The molecule has 1 fully saturated rings. The molecule has 2 N–H and O–H groups in total. The molecule has 1 aliphatic rings. The molecule has 0 unspecified atom stereocenters. The zero-order chi connectivity index (χ0) is 20.1. The van der Waals surface area contributed by atoms with E-state index < -0.39 is 10.0 Å². The maximum Gasteiger partial charge on any atom is 0.251 e. The summed E-state index contributed by atoms with van der Waals surface area (Å²) in [6.45, 7) is 7.40. The standard InChI is InChI=1S/C20H29N3O3S2/c1-3-16-14-17(15(2)22-20(16)24)18-8-9-19(27-18)28(25,26)21-10-7-13-23-11-5-4-6-12-23/h8-9,14,21H,3-7,10-13H2,1-2H3,(H,22,24). The van der Waals surface area contributed by atoms with Crippen molar-refractivity contribution < 1.29 is 8.42 Å². The van der Waals surface area contributed by atoms with Crippen LogP contribution in [-0.2, 0) is 16.4 Å². The predicted molar refractivity (Wildman–Crippen MR) is 115 cm³/mol. The summed E-state index contributed by atoms with van der Waals surface area (Å²) in [5.41, 5.74) is 2.26. The van der Waals surface area contributed by atoms with Crippen LogP contribution in [0.1, 0.15) is 43.9 Å². The topological polar surface area (TPSA) is 82.3 Å². The van der Waals surface area contributed by atoms with E-state index in [1.807, 2.05) is 26.0 Å². The van der Waals surface area contributed by atoms with Crippen molar-refractivity contribution in [3.63, 3.8) is 0 Å². The van der Waals surface area contributed by atoms with Crippen LogP contribution in [0.3, 0.4) is 0 Å². The minimum absolute atomic E-state index is 0.0801. The van der Waals surface area contributed by atoms with Gasteiger partial charge in [0, 0.05) is 28.2 Å².